The number of nitrogens with one attached hydrogen (secondary N) is 1. The number of hydrogen-bond acceptors (Lipinski definition) is 4. The molecule has 1 aromatic heterocycles. The third-order valence-corrected chi connectivity index (χ3v) is 1.53. The highest BCUT2D eigenvalue weighted by Gasteiger charge is 1.99. The molecule has 1 N–H and O–H groups in total. The number of halogens is 2. The van der Waals surface area contributed by atoms with Crippen LogP contribution >= 0.6 is 23.2 Å². The summed E-state index contributed by atoms with van der Waals surface area (Å²) in [6.07, 6.45) is 0. The molecule has 68 valence electrons. The Balaban J connectivity index is 2.55. The van der Waals surface area contributed by atoms with E-state index >= 15 is 0 Å². The Morgan fingerprint density at radius 1 is 1.46 bits per heavy atom. The second kappa shape index (κ2) is 4.85. The first-order valence-electron chi connectivity index (χ1n) is 3.48. The monoisotopic (exact) mass is 216 g/mol. The molecule has 0 fully saturated rings. The van der Waals surface area contributed by atoms with E-state index in [-0.39, 0.29) is 5.69 Å². The van der Waals surface area contributed by atoms with E-state index in [1.54, 1.807) is 12.1 Å². The van der Waals surface area contributed by atoms with Gasteiger partial charge in [-0.25, -0.2) is 0 Å². The number of nitrogens with zero attached hydrogens (tertiary/aromatic N) is 3. The average molecular weight is 217 g/mol. The Kier molecular flexibility index (Phi) is 3.74. The predicted octanol–water partition coefficient (Wildman–Crippen LogP) is 1.56. The summed E-state index contributed by atoms with van der Waals surface area (Å²) in [7, 11) is 0. The second-order valence-electron chi connectivity index (χ2n) is 2.19. The lowest BCUT2D eigenvalue weighted by molar-refractivity contribution is 0.989. The van der Waals surface area contributed by atoms with Crippen LogP contribution in [0.5, 0.6) is 0 Å². The summed E-state index contributed by atoms with van der Waals surface area (Å²) in [5.74, 6) is 0.547. The van der Waals surface area contributed by atoms with Gasteiger partial charge in [-0.3, -0.25) is 0 Å². The lowest BCUT2D eigenvalue weighted by Gasteiger charge is -2.03. The van der Waals surface area contributed by atoms with Crippen molar-refractivity contribution in [1.82, 2.24) is 10.2 Å². The van der Waals surface area contributed by atoms with Crippen molar-refractivity contribution in [3.05, 3.63) is 17.8 Å². The summed E-state index contributed by atoms with van der Waals surface area (Å²) in [5.41, 5.74) is 0.277. The van der Waals surface area contributed by atoms with Gasteiger partial charge in [0.1, 0.15) is 16.7 Å². The zero-order chi connectivity index (χ0) is 9.68. The minimum absolute atomic E-state index is 0.277. The molecule has 0 aliphatic heterocycles. The first-order valence-corrected chi connectivity index (χ1v) is 4.35. The van der Waals surface area contributed by atoms with Gasteiger partial charge in [0.25, 0.3) is 0 Å². The highest BCUT2D eigenvalue weighted by atomic mass is 35.5. The number of aromatic nitrogens is 2. The highest BCUT2D eigenvalue weighted by molar-refractivity contribution is 6.44. The number of nitriles is 1. The molecule has 1 heterocycles. The van der Waals surface area contributed by atoms with Gasteiger partial charge in [0, 0.05) is 6.54 Å². The zero-order valence-corrected chi connectivity index (χ0v) is 8.05. The molecule has 0 saturated heterocycles. The van der Waals surface area contributed by atoms with Crippen molar-refractivity contribution >= 4 is 29.0 Å². The number of hydrogen-bond donors (Lipinski definition) is 1. The van der Waals surface area contributed by atoms with Crippen molar-refractivity contribution < 1.29 is 0 Å². The molecule has 1 rings (SSSR count). The Bertz CT molecular complexity index is 303. The Hall–Kier alpha value is -1.05. The summed E-state index contributed by atoms with van der Waals surface area (Å²) in [4.78, 5) is -0.488. The van der Waals surface area contributed by atoms with Crippen molar-refractivity contribution in [2.45, 2.75) is 4.84 Å². The fraction of sp³-hybridized carbons (Fsp3) is 0.286. The van der Waals surface area contributed by atoms with Crippen LogP contribution in [0.4, 0.5) is 5.82 Å². The van der Waals surface area contributed by atoms with Crippen molar-refractivity contribution in [2.24, 2.45) is 0 Å². The van der Waals surface area contributed by atoms with Crippen LogP contribution in [0.3, 0.4) is 0 Å². The number of alkyl halides is 2. The van der Waals surface area contributed by atoms with Gasteiger partial charge < -0.3 is 5.32 Å². The van der Waals surface area contributed by atoms with Gasteiger partial charge >= 0.3 is 0 Å². The smallest absolute Gasteiger partial charge is 0.163 e. The van der Waals surface area contributed by atoms with Crippen LogP contribution in [-0.2, 0) is 0 Å². The van der Waals surface area contributed by atoms with Gasteiger partial charge in [0.2, 0.25) is 0 Å². The van der Waals surface area contributed by atoms with E-state index in [1.807, 2.05) is 6.07 Å². The molecule has 0 aliphatic carbocycles. The minimum atomic E-state index is -0.488. The molecule has 6 heteroatoms. The summed E-state index contributed by atoms with van der Waals surface area (Å²) in [6, 6.07) is 5.07. The molecule has 4 nitrogen and oxygen atoms in total. The largest absolute Gasteiger partial charge is 0.366 e. The van der Waals surface area contributed by atoms with E-state index in [2.05, 4.69) is 15.5 Å². The third kappa shape index (κ3) is 3.45. The molecule has 0 aliphatic rings. The molecule has 1 aromatic rings. The normalized spacial score (nSPS) is 9.69. The van der Waals surface area contributed by atoms with E-state index in [9.17, 15) is 0 Å². The molecule has 0 aromatic carbocycles. The lowest BCUT2D eigenvalue weighted by Crippen LogP contribution is -2.10. The van der Waals surface area contributed by atoms with Crippen molar-refractivity contribution in [3.8, 4) is 6.07 Å². The van der Waals surface area contributed by atoms with Crippen molar-refractivity contribution in [1.29, 1.82) is 5.26 Å². The SMILES string of the molecule is N#Cc1ccc(NCC(Cl)Cl)nn1. The van der Waals surface area contributed by atoms with Crippen LogP contribution in [0, 0.1) is 11.3 Å². The zero-order valence-electron chi connectivity index (χ0n) is 6.54. The molecule has 0 radical (unpaired) electrons. The minimum Gasteiger partial charge on any atom is -0.366 e. The molecular weight excluding hydrogens is 211 g/mol. The fourth-order valence-corrected chi connectivity index (χ4v) is 0.822. The molecule has 0 amide bonds. The number of anilines is 1. The molecule has 0 saturated carbocycles. The van der Waals surface area contributed by atoms with Crippen LogP contribution in [0.15, 0.2) is 12.1 Å². The van der Waals surface area contributed by atoms with Crippen LogP contribution in [-0.4, -0.2) is 21.6 Å². The van der Waals surface area contributed by atoms with Gasteiger partial charge in [0.15, 0.2) is 5.69 Å². The third-order valence-electron chi connectivity index (χ3n) is 1.22. The summed E-state index contributed by atoms with van der Waals surface area (Å²) < 4.78 is 0. The Morgan fingerprint density at radius 3 is 2.69 bits per heavy atom. The Labute approximate surface area is 85.5 Å². The Morgan fingerprint density at radius 2 is 2.23 bits per heavy atom. The molecule has 0 spiro atoms. The molecule has 0 bridgehead atoms. The topological polar surface area (TPSA) is 61.6 Å². The van der Waals surface area contributed by atoms with Crippen LogP contribution in [0.2, 0.25) is 0 Å². The van der Waals surface area contributed by atoms with Gasteiger partial charge in [0.05, 0.1) is 0 Å². The second-order valence-corrected chi connectivity index (χ2v) is 3.46. The van der Waals surface area contributed by atoms with E-state index in [0.29, 0.717) is 12.4 Å². The van der Waals surface area contributed by atoms with Crippen molar-refractivity contribution in [3.63, 3.8) is 0 Å². The van der Waals surface area contributed by atoms with Crippen molar-refractivity contribution in [2.75, 3.05) is 11.9 Å². The van der Waals surface area contributed by atoms with Crippen LogP contribution in [0.25, 0.3) is 0 Å². The van der Waals surface area contributed by atoms with E-state index in [1.165, 1.54) is 0 Å². The number of rotatable bonds is 3. The maximum absolute atomic E-state index is 8.43. The van der Waals surface area contributed by atoms with Gasteiger partial charge in [-0.05, 0) is 12.1 Å². The highest BCUT2D eigenvalue weighted by Crippen LogP contribution is 2.05. The average Bonchev–Trinajstić information content (AvgIpc) is 2.15. The maximum atomic E-state index is 8.43. The van der Waals surface area contributed by atoms with Gasteiger partial charge in [-0.1, -0.05) is 0 Å². The summed E-state index contributed by atoms with van der Waals surface area (Å²) in [6.45, 7) is 0.393. The summed E-state index contributed by atoms with van der Waals surface area (Å²) in [5, 5.41) is 18.6. The predicted molar refractivity (Wildman–Crippen MR) is 50.7 cm³/mol. The standard InChI is InChI=1S/C7H6Cl2N4/c8-6(9)4-11-7-2-1-5(3-10)12-13-7/h1-2,6H,4H2,(H,11,13). The van der Waals surface area contributed by atoms with E-state index in [0.717, 1.165) is 0 Å². The van der Waals surface area contributed by atoms with Crippen LogP contribution in [0.1, 0.15) is 5.69 Å². The quantitative estimate of drug-likeness (QED) is 0.780. The van der Waals surface area contributed by atoms with Gasteiger partial charge in [-0.2, -0.15) is 5.26 Å². The summed E-state index contributed by atoms with van der Waals surface area (Å²) >= 11 is 11.0. The maximum Gasteiger partial charge on any atom is 0.163 e. The van der Waals surface area contributed by atoms with E-state index < -0.39 is 4.84 Å². The fourth-order valence-electron chi connectivity index (χ4n) is 0.668. The lowest BCUT2D eigenvalue weighted by atomic mass is 10.4. The molecule has 0 unspecified atom stereocenters. The first-order chi connectivity index (χ1) is 6.22. The molecule has 0 atom stereocenters. The molecule has 13 heavy (non-hydrogen) atoms. The van der Waals surface area contributed by atoms with E-state index in [4.69, 9.17) is 28.5 Å². The van der Waals surface area contributed by atoms with Gasteiger partial charge in [-0.15, -0.1) is 33.4 Å². The molecular formula is C7H6Cl2N4. The first kappa shape index (κ1) is 10.0. The van der Waals surface area contributed by atoms with Crippen LogP contribution < -0.4 is 5.32 Å².